The first kappa shape index (κ1) is 15.3. The molecule has 0 saturated heterocycles. The van der Waals surface area contributed by atoms with E-state index in [9.17, 15) is 9.90 Å². The van der Waals surface area contributed by atoms with E-state index in [0.717, 1.165) is 11.1 Å². The van der Waals surface area contributed by atoms with Crippen LogP contribution in [0.25, 0.3) is 0 Å². The minimum Gasteiger partial charge on any atom is -0.394 e. The van der Waals surface area contributed by atoms with Gasteiger partial charge in [0.1, 0.15) is 0 Å². The van der Waals surface area contributed by atoms with E-state index in [1.165, 1.54) is 0 Å². The number of rotatable bonds is 6. The van der Waals surface area contributed by atoms with Crippen molar-refractivity contribution in [3.8, 4) is 0 Å². The molecule has 0 saturated carbocycles. The molecule has 3 heteroatoms. The van der Waals surface area contributed by atoms with Gasteiger partial charge in [-0.25, -0.2) is 0 Å². The summed E-state index contributed by atoms with van der Waals surface area (Å²) >= 11 is 0. The number of aliphatic hydroxyl groups is 1. The Morgan fingerprint density at radius 1 is 1.00 bits per heavy atom. The summed E-state index contributed by atoms with van der Waals surface area (Å²) < 4.78 is 0. The van der Waals surface area contributed by atoms with Crippen molar-refractivity contribution < 1.29 is 9.90 Å². The summed E-state index contributed by atoms with van der Waals surface area (Å²) in [5.74, 6) is 0.0242. The number of benzene rings is 2. The molecule has 1 amide bonds. The van der Waals surface area contributed by atoms with Gasteiger partial charge >= 0.3 is 0 Å². The van der Waals surface area contributed by atoms with Crippen LogP contribution < -0.4 is 0 Å². The Morgan fingerprint density at radius 2 is 1.52 bits per heavy atom. The zero-order valence-corrected chi connectivity index (χ0v) is 12.3. The van der Waals surface area contributed by atoms with Gasteiger partial charge in [-0.2, -0.15) is 0 Å². The Kier molecular flexibility index (Phi) is 5.52. The molecule has 110 valence electrons. The maximum absolute atomic E-state index is 12.3. The lowest BCUT2D eigenvalue weighted by Gasteiger charge is -2.27. The summed E-state index contributed by atoms with van der Waals surface area (Å²) in [6, 6.07) is 19.4. The van der Waals surface area contributed by atoms with Gasteiger partial charge in [0.2, 0.25) is 5.91 Å². The second-order valence-electron chi connectivity index (χ2n) is 5.19. The molecule has 0 radical (unpaired) electrons. The molecule has 21 heavy (non-hydrogen) atoms. The van der Waals surface area contributed by atoms with Gasteiger partial charge in [-0.15, -0.1) is 0 Å². The van der Waals surface area contributed by atoms with Crippen molar-refractivity contribution in [3.63, 3.8) is 0 Å². The predicted octanol–water partition coefficient (Wildman–Crippen LogP) is 2.29. The molecule has 2 rings (SSSR count). The average molecular weight is 283 g/mol. The number of carbonyl (C=O) groups is 1. The molecule has 0 aliphatic rings. The lowest BCUT2D eigenvalue weighted by atomic mass is 10.0. The van der Waals surface area contributed by atoms with Crippen LogP contribution in [0.3, 0.4) is 0 Å². The summed E-state index contributed by atoms with van der Waals surface area (Å²) in [6.45, 7) is -0.0358. The van der Waals surface area contributed by atoms with E-state index in [1.807, 2.05) is 60.7 Å². The molecule has 0 bridgehead atoms. The quantitative estimate of drug-likeness (QED) is 0.883. The molecule has 0 spiro atoms. The highest BCUT2D eigenvalue weighted by Crippen LogP contribution is 2.10. The van der Waals surface area contributed by atoms with E-state index < -0.39 is 0 Å². The van der Waals surface area contributed by atoms with Crippen molar-refractivity contribution in [2.75, 3.05) is 13.7 Å². The maximum atomic E-state index is 12.3. The molecule has 0 unspecified atom stereocenters. The van der Waals surface area contributed by atoms with Gasteiger partial charge in [-0.05, 0) is 17.5 Å². The Morgan fingerprint density at radius 3 is 2.05 bits per heavy atom. The van der Waals surface area contributed by atoms with E-state index in [4.69, 9.17) is 0 Å². The van der Waals surface area contributed by atoms with Crippen molar-refractivity contribution in [1.29, 1.82) is 0 Å². The van der Waals surface area contributed by atoms with Gasteiger partial charge in [0.15, 0.2) is 0 Å². The third kappa shape index (κ3) is 4.43. The van der Waals surface area contributed by atoms with Crippen LogP contribution in [0.5, 0.6) is 0 Å². The molecular formula is C18H21NO2. The van der Waals surface area contributed by atoms with Crippen molar-refractivity contribution in [2.45, 2.75) is 18.9 Å². The fraction of sp³-hybridized carbons (Fsp3) is 0.278. The zero-order chi connectivity index (χ0) is 15.1. The van der Waals surface area contributed by atoms with Crippen molar-refractivity contribution in [2.24, 2.45) is 0 Å². The van der Waals surface area contributed by atoms with E-state index in [-0.39, 0.29) is 18.6 Å². The zero-order valence-electron chi connectivity index (χ0n) is 12.3. The van der Waals surface area contributed by atoms with Crippen molar-refractivity contribution in [1.82, 2.24) is 4.90 Å². The minimum atomic E-state index is -0.191. The van der Waals surface area contributed by atoms with Crippen LogP contribution in [0, 0.1) is 0 Å². The van der Waals surface area contributed by atoms with Crippen LogP contribution in [0.2, 0.25) is 0 Å². The number of likely N-dealkylation sites (N-methyl/N-ethyl adjacent to an activating group) is 1. The number of hydrogen-bond donors (Lipinski definition) is 1. The van der Waals surface area contributed by atoms with Crippen molar-refractivity contribution in [3.05, 3.63) is 71.8 Å². The van der Waals surface area contributed by atoms with Gasteiger partial charge in [-0.1, -0.05) is 60.7 Å². The molecule has 0 aromatic heterocycles. The number of carbonyl (C=O) groups excluding carboxylic acids is 1. The highest BCUT2D eigenvalue weighted by molar-refractivity contribution is 5.78. The van der Waals surface area contributed by atoms with Gasteiger partial charge in [0.25, 0.3) is 0 Å². The first-order valence-corrected chi connectivity index (χ1v) is 7.15. The highest BCUT2D eigenvalue weighted by atomic mass is 16.3. The second-order valence-corrected chi connectivity index (χ2v) is 5.19. The second kappa shape index (κ2) is 7.60. The largest absolute Gasteiger partial charge is 0.394 e. The van der Waals surface area contributed by atoms with E-state index in [1.54, 1.807) is 11.9 Å². The summed E-state index contributed by atoms with van der Waals surface area (Å²) in [5, 5.41) is 9.58. The lowest BCUT2D eigenvalue weighted by Crippen LogP contribution is -2.41. The molecule has 0 aliphatic heterocycles. The Balaban J connectivity index is 1.99. The average Bonchev–Trinajstić information content (AvgIpc) is 2.54. The Hall–Kier alpha value is -2.13. The monoisotopic (exact) mass is 283 g/mol. The number of hydrogen-bond acceptors (Lipinski definition) is 2. The molecule has 0 aliphatic carbocycles. The predicted molar refractivity (Wildman–Crippen MR) is 83.9 cm³/mol. The molecular weight excluding hydrogens is 262 g/mol. The molecule has 0 fully saturated rings. The SMILES string of the molecule is CN(C(=O)Cc1ccccc1)[C@@H](CO)Cc1ccccc1. The molecule has 1 N–H and O–H groups in total. The third-order valence-corrected chi connectivity index (χ3v) is 3.66. The highest BCUT2D eigenvalue weighted by Gasteiger charge is 2.19. The summed E-state index contributed by atoms with van der Waals surface area (Å²) in [7, 11) is 1.76. The van der Waals surface area contributed by atoms with Gasteiger partial charge in [0.05, 0.1) is 19.1 Å². The Bertz CT molecular complexity index is 554. The standard InChI is InChI=1S/C18H21NO2/c1-19(18(21)13-16-10-6-3-7-11-16)17(14-20)12-15-8-4-2-5-9-15/h2-11,17,20H,12-14H2,1H3/t17-/m1/s1. The Labute approximate surface area is 125 Å². The number of nitrogens with zero attached hydrogens (tertiary/aromatic N) is 1. The molecule has 2 aromatic carbocycles. The molecule has 0 heterocycles. The third-order valence-electron chi connectivity index (χ3n) is 3.66. The number of aliphatic hydroxyl groups excluding tert-OH is 1. The lowest BCUT2D eigenvalue weighted by molar-refractivity contribution is -0.132. The van der Waals surface area contributed by atoms with Gasteiger partial charge < -0.3 is 10.0 Å². The van der Waals surface area contributed by atoms with Crippen LogP contribution in [0.1, 0.15) is 11.1 Å². The first-order valence-electron chi connectivity index (χ1n) is 7.15. The fourth-order valence-electron chi connectivity index (χ4n) is 2.31. The van der Waals surface area contributed by atoms with Crippen LogP contribution in [0.15, 0.2) is 60.7 Å². The van der Waals surface area contributed by atoms with Crippen LogP contribution in [0.4, 0.5) is 0 Å². The maximum Gasteiger partial charge on any atom is 0.227 e. The van der Waals surface area contributed by atoms with E-state index in [0.29, 0.717) is 12.8 Å². The molecule has 2 aromatic rings. The van der Waals surface area contributed by atoms with Crippen LogP contribution in [-0.4, -0.2) is 35.6 Å². The van der Waals surface area contributed by atoms with Gasteiger partial charge in [0, 0.05) is 7.05 Å². The summed E-state index contributed by atoms with van der Waals surface area (Å²) in [4.78, 5) is 14.0. The normalized spacial score (nSPS) is 11.9. The summed E-state index contributed by atoms with van der Waals surface area (Å²) in [5.41, 5.74) is 2.11. The fourth-order valence-corrected chi connectivity index (χ4v) is 2.31. The van der Waals surface area contributed by atoms with E-state index in [2.05, 4.69) is 0 Å². The molecule has 3 nitrogen and oxygen atoms in total. The van der Waals surface area contributed by atoms with E-state index >= 15 is 0 Å². The summed E-state index contributed by atoms with van der Waals surface area (Å²) in [6.07, 6.45) is 1.02. The smallest absolute Gasteiger partial charge is 0.227 e. The molecule has 1 atom stereocenters. The van der Waals surface area contributed by atoms with Crippen LogP contribution in [-0.2, 0) is 17.6 Å². The van der Waals surface area contributed by atoms with Crippen molar-refractivity contribution >= 4 is 5.91 Å². The van der Waals surface area contributed by atoms with Crippen LogP contribution >= 0.6 is 0 Å². The minimum absolute atomic E-state index is 0.0242. The van der Waals surface area contributed by atoms with Gasteiger partial charge in [-0.3, -0.25) is 4.79 Å². The topological polar surface area (TPSA) is 40.5 Å². The first-order chi connectivity index (χ1) is 10.2. The number of amides is 1.